The minimum absolute atomic E-state index is 0.0736. The van der Waals surface area contributed by atoms with Crippen molar-refractivity contribution in [1.82, 2.24) is 0 Å². The molecule has 0 spiro atoms. The summed E-state index contributed by atoms with van der Waals surface area (Å²) in [5.74, 6) is 0. The Balaban J connectivity index is 2.43. The molecule has 5 nitrogen and oxygen atoms in total. The Morgan fingerprint density at radius 3 is 2.85 bits per heavy atom. The van der Waals surface area contributed by atoms with Crippen molar-refractivity contribution in [2.45, 2.75) is 19.1 Å². The Labute approximate surface area is 124 Å². The van der Waals surface area contributed by atoms with Gasteiger partial charge in [0.25, 0.3) is 0 Å². The number of nitrogens with one attached hydrogen (secondary N) is 1. The van der Waals surface area contributed by atoms with Crippen molar-refractivity contribution < 1.29 is 14.6 Å². The van der Waals surface area contributed by atoms with Crippen LogP contribution in [-0.2, 0) is 9.47 Å². The lowest BCUT2D eigenvalue weighted by atomic mass is 10.2. The number of methoxy groups -OCH3 is 1. The molecule has 20 heavy (non-hydrogen) atoms. The van der Waals surface area contributed by atoms with E-state index in [0.717, 1.165) is 0 Å². The Kier molecular flexibility index (Phi) is 7.34. The number of benzene rings is 1. The van der Waals surface area contributed by atoms with Gasteiger partial charge in [0.05, 0.1) is 36.7 Å². The molecule has 1 aromatic carbocycles. The lowest BCUT2D eigenvalue weighted by molar-refractivity contribution is -0.0282. The van der Waals surface area contributed by atoms with Gasteiger partial charge in [0.1, 0.15) is 6.07 Å². The number of halogens is 1. The maximum Gasteiger partial charge on any atom is 0.101 e. The zero-order valence-electron chi connectivity index (χ0n) is 11.6. The largest absolute Gasteiger partial charge is 0.389 e. The highest BCUT2D eigenvalue weighted by Gasteiger charge is 2.09. The van der Waals surface area contributed by atoms with E-state index < -0.39 is 6.10 Å². The lowest BCUT2D eigenvalue weighted by Gasteiger charge is -2.17. The highest BCUT2D eigenvalue weighted by atomic mass is 35.5. The summed E-state index contributed by atoms with van der Waals surface area (Å²) in [6.07, 6.45) is -0.754. The number of nitriles is 1. The van der Waals surface area contributed by atoms with Crippen LogP contribution in [0.4, 0.5) is 5.69 Å². The van der Waals surface area contributed by atoms with Gasteiger partial charge in [0.2, 0.25) is 0 Å². The molecule has 2 atom stereocenters. The molecule has 1 rings (SSSR count). The van der Waals surface area contributed by atoms with Crippen LogP contribution in [0.2, 0.25) is 5.02 Å². The lowest BCUT2D eigenvalue weighted by Crippen LogP contribution is -2.28. The molecule has 110 valence electrons. The van der Waals surface area contributed by atoms with Crippen molar-refractivity contribution in [2.75, 3.05) is 32.2 Å². The highest BCUT2D eigenvalue weighted by Crippen LogP contribution is 2.20. The Morgan fingerprint density at radius 2 is 2.20 bits per heavy atom. The zero-order chi connectivity index (χ0) is 15.0. The first-order valence-electron chi connectivity index (χ1n) is 6.29. The summed E-state index contributed by atoms with van der Waals surface area (Å²) in [5, 5.41) is 22.3. The van der Waals surface area contributed by atoms with Crippen molar-refractivity contribution in [3.05, 3.63) is 28.8 Å². The van der Waals surface area contributed by atoms with E-state index in [2.05, 4.69) is 11.4 Å². The number of nitrogens with zero attached hydrogens (tertiary/aromatic N) is 1. The zero-order valence-corrected chi connectivity index (χ0v) is 12.4. The van der Waals surface area contributed by atoms with Crippen LogP contribution >= 0.6 is 11.6 Å². The first kappa shape index (κ1) is 16.7. The van der Waals surface area contributed by atoms with Crippen LogP contribution < -0.4 is 5.32 Å². The Bertz CT molecular complexity index is 462. The van der Waals surface area contributed by atoms with Crippen LogP contribution in [0.3, 0.4) is 0 Å². The van der Waals surface area contributed by atoms with Crippen molar-refractivity contribution in [3.8, 4) is 6.07 Å². The molecule has 0 aliphatic carbocycles. The van der Waals surface area contributed by atoms with Crippen molar-refractivity contribution >= 4 is 17.3 Å². The van der Waals surface area contributed by atoms with Gasteiger partial charge in [-0.2, -0.15) is 5.26 Å². The SMILES string of the molecule is COCC(C)OCC(O)CNc1cc(Cl)ccc1C#N. The highest BCUT2D eigenvalue weighted by molar-refractivity contribution is 6.30. The number of rotatable bonds is 8. The van der Waals surface area contributed by atoms with Crippen LogP contribution in [0.5, 0.6) is 0 Å². The molecule has 0 radical (unpaired) electrons. The summed E-state index contributed by atoms with van der Waals surface area (Å²) in [4.78, 5) is 0. The minimum Gasteiger partial charge on any atom is -0.389 e. The summed E-state index contributed by atoms with van der Waals surface area (Å²) in [6.45, 7) is 2.82. The fourth-order valence-corrected chi connectivity index (χ4v) is 1.78. The average molecular weight is 299 g/mol. The normalized spacial score (nSPS) is 13.6. The number of aliphatic hydroxyl groups excluding tert-OH is 1. The van der Waals surface area contributed by atoms with Crippen molar-refractivity contribution in [1.29, 1.82) is 5.26 Å². The van der Waals surface area contributed by atoms with Gasteiger partial charge in [-0.15, -0.1) is 0 Å². The molecule has 0 aromatic heterocycles. The molecule has 0 bridgehead atoms. The summed E-state index contributed by atoms with van der Waals surface area (Å²) in [5.41, 5.74) is 1.08. The van der Waals surface area contributed by atoms with Crippen LogP contribution in [-0.4, -0.2) is 44.2 Å². The summed E-state index contributed by atoms with van der Waals surface area (Å²) in [7, 11) is 1.60. The smallest absolute Gasteiger partial charge is 0.101 e. The Hall–Kier alpha value is -1.32. The maximum atomic E-state index is 9.82. The topological polar surface area (TPSA) is 74.5 Å². The van der Waals surface area contributed by atoms with Gasteiger partial charge < -0.3 is 19.9 Å². The third-order valence-corrected chi connectivity index (χ3v) is 2.84. The quantitative estimate of drug-likeness (QED) is 0.768. The third kappa shape index (κ3) is 5.76. The second-order valence-corrected chi connectivity index (χ2v) is 4.87. The Morgan fingerprint density at radius 1 is 1.45 bits per heavy atom. The standard InChI is InChI=1S/C14H19ClN2O3/c1-10(8-19-2)20-9-13(18)7-17-14-5-12(15)4-3-11(14)6-16/h3-5,10,13,17-18H,7-9H2,1-2H3. The van der Waals surface area contributed by atoms with Crippen molar-refractivity contribution in [2.24, 2.45) is 0 Å². The molecule has 2 N–H and O–H groups in total. The predicted molar refractivity (Wildman–Crippen MR) is 78.0 cm³/mol. The van der Waals surface area contributed by atoms with Gasteiger partial charge >= 0.3 is 0 Å². The van der Waals surface area contributed by atoms with Crippen LogP contribution in [0.15, 0.2) is 18.2 Å². The van der Waals surface area contributed by atoms with Gasteiger partial charge in [-0.1, -0.05) is 11.6 Å². The number of aliphatic hydroxyl groups is 1. The molecule has 0 aliphatic rings. The number of hydrogen-bond acceptors (Lipinski definition) is 5. The predicted octanol–water partition coefficient (Wildman–Crippen LogP) is 2.04. The number of hydrogen-bond donors (Lipinski definition) is 2. The van der Waals surface area contributed by atoms with E-state index in [1.165, 1.54) is 0 Å². The van der Waals surface area contributed by atoms with Gasteiger partial charge in [-0.3, -0.25) is 0 Å². The van der Waals surface area contributed by atoms with E-state index in [-0.39, 0.29) is 19.3 Å². The molecular formula is C14H19ClN2O3. The number of anilines is 1. The maximum absolute atomic E-state index is 9.82. The fraction of sp³-hybridized carbons (Fsp3) is 0.500. The van der Waals surface area contributed by atoms with Gasteiger partial charge in [0, 0.05) is 18.7 Å². The van der Waals surface area contributed by atoms with E-state index >= 15 is 0 Å². The average Bonchev–Trinajstić information content (AvgIpc) is 2.43. The minimum atomic E-state index is -0.681. The van der Waals surface area contributed by atoms with Crippen LogP contribution in [0.1, 0.15) is 12.5 Å². The fourth-order valence-electron chi connectivity index (χ4n) is 1.61. The van der Waals surface area contributed by atoms with E-state index in [4.69, 9.17) is 26.3 Å². The third-order valence-electron chi connectivity index (χ3n) is 2.60. The molecule has 1 aromatic rings. The summed E-state index contributed by atoms with van der Waals surface area (Å²) >= 11 is 5.88. The van der Waals surface area contributed by atoms with E-state index in [9.17, 15) is 5.11 Å². The van der Waals surface area contributed by atoms with Gasteiger partial charge in [0.15, 0.2) is 0 Å². The monoisotopic (exact) mass is 298 g/mol. The molecular weight excluding hydrogens is 280 g/mol. The molecule has 6 heteroatoms. The molecule has 0 heterocycles. The van der Waals surface area contributed by atoms with Crippen molar-refractivity contribution in [3.63, 3.8) is 0 Å². The molecule has 0 amide bonds. The first-order chi connectivity index (χ1) is 9.56. The molecule has 2 unspecified atom stereocenters. The van der Waals surface area contributed by atoms with Gasteiger partial charge in [-0.25, -0.2) is 0 Å². The van der Waals surface area contributed by atoms with Gasteiger partial charge in [-0.05, 0) is 25.1 Å². The first-order valence-corrected chi connectivity index (χ1v) is 6.66. The summed E-state index contributed by atoms with van der Waals surface area (Å²) in [6, 6.07) is 7.00. The van der Waals surface area contributed by atoms with Crippen LogP contribution in [0.25, 0.3) is 0 Å². The second kappa shape index (κ2) is 8.77. The summed E-state index contributed by atoms with van der Waals surface area (Å²) < 4.78 is 10.3. The number of ether oxygens (including phenoxy) is 2. The van der Waals surface area contributed by atoms with Crippen LogP contribution in [0, 0.1) is 11.3 Å². The molecule has 0 saturated heterocycles. The van der Waals surface area contributed by atoms with E-state index in [0.29, 0.717) is 22.9 Å². The van der Waals surface area contributed by atoms with E-state index in [1.54, 1.807) is 25.3 Å². The van der Waals surface area contributed by atoms with E-state index in [1.807, 2.05) is 6.92 Å². The second-order valence-electron chi connectivity index (χ2n) is 4.44. The molecule has 0 fully saturated rings. The molecule has 0 aliphatic heterocycles. The molecule has 0 saturated carbocycles.